The number of hydrogen-bond acceptors (Lipinski definition) is 5. The summed E-state index contributed by atoms with van der Waals surface area (Å²) < 4.78 is 17.1. The van der Waals surface area contributed by atoms with Crippen molar-refractivity contribution in [1.29, 1.82) is 0 Å². The zero-order chi connectivity index (χ0) is 26.6. The van der Waals surface area contributed by atoms with Gasteiger partial charge in [-0.15, -0.1) is 0 Å². The van der Waals surface area contributed by atoms with Crippen LogP contribution in [0.3, 0.4) is 0 Å². The molecule has 0 saturated carbocycles. The zero-order valence-electron chi connectivity index (χ0n) is 20.1. The lowest BCUT2D eigenvalue weighted by Crippen LogP contribution is -2.09. The lowest BCUT2D eigenvalue weighted by atomic mass is 10.1. The Balaban J connectivity index is 1.39. The molecule has 0 amide bonds. The van der Waals surface area contributed by atoms with Gasteiger partial charge in [-0.25, -0.2) is 4.79 Å². The summed E-state index contributed by atoms with van der Waals surface area (Å²) in [6, 6.07) is 25.9. The monoisotopic (exact) mass is 542 g/mol. The van der Waals surface area contributed by atoms with Gasteiger partial charge in [0.2, 0.25) is 0 Å². The van der Waals surface area contributed by atoms with Gasteiger partial charge in [0.05, 0.1) is 7.11 Å². The van der Waals surface area contributed by atoms with Gasteiger partial charge in [0, 0.05) is 26.6 Å². The Morgan fingerprint density at radius 3 is 2.29 bits per heavy atom. The summed E-state index contributed by atoms with van der Waals surface area (Å²) in [5.74, 6) is 0.451. The molecular weight excluding hydrogens is 523 g/mol. The highest BCUT2D eigenvalue weighted by atomic mass is 35.5. The number of halogens is 2. The number of furan rings is 1. The van der Waals surface area contributed by atoms with E-state index in [-0.39, 0.29) is 17.1 Å². The van der Waals surface area contributed by atoms with E-state index < -0.39 is 5.97 Å². The van der Waals surface area contributed by atoms with E-state index in [9.17, 15) is 9.59 Å². The van der Waals surface area contributed by atoms with Crippen molar-refractivity contribution in [3.05, 3.63) is 124 Å². The van der Waals surface area contributed by atoms with E-state index in [4.69, 9.17) is 37.1 Å². The maximum Gasteiger partial charge on any atom is 0.348 e. The van der Waals surface area contributed by atoms with Crippen LogP contribution in [-0.2, 0) is 0 Å². The number of benzene rings is 4. The maximum absolute atomic E-state index is 13.4. The van der Waals surface area contributed by atoms with Gasteiger partial charge in [-0.1, -0.05) is 59.6 Å². The Morgan fingerprint density at radius 1 is 0.842 bits per heavy atom. The van der Waals surface area contributed by atoms with Crippen LogP contribution in [0.15, 0.2) is 101 Å². The predicted octanol–water partition coefficient (Wildman–Crippen LogP) is 8.53. The fourth-order valence-corrected chi connectivity index (χ4v) is 4.41. The predicted molar refractivity (Wildman–Crippen MR) is 149 cm³/mol. The normalized spacial score (nSPS) is 11.1. The van der Waals surface area contributed by atoms with Crippen molar-refractivity contribution in [2.75, 3.05) is 7.11 Å². The van der Waals surface area contributed by atoms with Gasteiger partial charge in [0.1, 0.15) is 28.4 Å². The van der Waals surface area contributed by atoms with Crippen LogP contribution in [0, 0.1) is 0 Å². The summed E-state index contributed by atoms with van der Waals surface area (Å²) in [4.78, 5) is 26.0. The average Bonchev–Trinajstić information content (AvgIpc) is 3.32. The van der Waals surface area contributed by atoms with E-state index in [0.717, 1.165) is 5.56 Å². The first-order valence-corrected chi connectivity index (χ1v) is 12.3. The third kappa shape index (κ3) is 5.35. The standard InChI is InChI=1S/C31H20Cl2O5/c1-36-24-14-16-28-25(18-24)29(30(38-28)21-5-3-2-4-6-21)31(35)37-23-12-8-20(9-13-23)27(34)15-10-19-7-11-22(32)17-26(19)33/h2-18H,1H3. The van der Waals surface area contributed by atoms with Gasteiger partial charge >= 0.3 is 5.97 Å². The number of hydrogen-bond donors (Lipinski definition) is 0. The Kier molecular flexibility index (Phi) is 7.31. The molecule has 0 bridgehead atoms. The quantitative estimate of drug-likeness (QED) is 0.0891. The van der Waals surface area contributed by atoms with Crippen molar-refractivity contribution in [3.8, 4) is 22.8 Å². The highest BCUT2D eigenvalue weighted by molar-refractivity contribution is 6.35. The second kappa shape index (κ2) is 11.0. The van der Waals surface area contributed by atoms with Crippen LogP contribution in [0.25, 0.3) is 28.4 Å². The zero-order valence-corrected chi connectivity index (χ0v) is 21.6. The minimum absolute atomic E-state index is 0.229. The molecule has 38 heavy (non-hydrogen) atoms. The van der Waals surface area contributed by atoms with E-state index in [1.807, 2.05) is 30.3 Å². The van der Waals surface area contributed by atoms with Crippen LogP contribution in [0.5, 0.6) is 11.5 Å². The van der Waals surface area contributed by atoms with Gasteiger partial charge in [-0.2, -0.15) is 0 Å². The largest absolute Gasteiger partial charge is 0.497 e. The van der Waals surface area contributed by atoms with E-state index >= 15 is 0 Å². The average molecular weight is 543 g/mol. The van der Waals surface area contributed by atoms with Crippen molar-refractivity contribution in [3.63, 3.8) is 0 Å². The number of esters is 1. The lowest BCUT2D eigenvalue weighted by molar-refractivity contribution is 0.0737. The first-order valence-electron chi connectivity index (χ1n) is 11.6. The van der Waals surface area contributed by atoms with Crippen molar-refractivity contribution in [2.24, 2.45) is 0 Å². The highest BCUT2D eigenvalue weighted by Gasteiger charge is 2.24. The third-order valence-electron chi connectivity index (χ3n) is 5.86. The molecule has 5 aromatic rings. The number of ether oxygens (including phenoxy) is 2. The molecule has 0 aliphatic carbocycles. The van der Waals surface area contributed by atoms with Gasteiger partial charge in [-0.3, -0.25) is 4.79 Å². The Labute approximate surface area is 228 Å². The third-order valence-corrected chi connectivity index (χ3v) is 6.42. The van der Waals surface area contributed by atoms with E-state index in [2.05, 4.69) is 0 Å². The molecule has 5 rings (SSSR count). The Morgan fingerprint density at radius 2 is 1.58 bits per heavy atom. The van der Waals surface area contributed by atoms with Crippen molar-refractivity contribution >= 4 is 52.0 Å². The summed E-state index contributed by atoms with van der Waals surface area (Å²) in [7, 11) is 1.56. The number of methoxy groups -OCH3 is 1. The first kappa shape index (κ1) is 25.3. The topological polar surface area (TPSA) is 65.7 Å². The molecule has 1 aromatic heterocycles. The summed E-state index contributed by atoms with van der Waals surface area (Å²) >= 11 is 12.1. The summed E-state index contributed by atoms with van der Waals surface area (Å²) in [5.41, 5.74) is 2.66. The molecule has 5 nitrogen and oxygen atoms in total. The number of allylic oxidation sites excluding steroid dienone is 1. The molecule has 7 heteroatoms. The molecule has 0 aliphatic heterocycles. The van der Waals surface area contributed by atoms with Crippen LogP contribution in [-0.4, -0.2) is 18.9 Å². The fourth-order valence-electron chi connectivity index (χ4n) is 3.94. The SMILES string of the molecule is COc1ccc2oc(-c3ccccc3)c(C(=O)Oc3ccc(C(=O)C=Cc4ccc(Cl)cc4Cl)cc3)c2c1. The van der Waals surface area contributed by atoms with Crippen molar-refractivity contribution in [2.45, 2.75) is 0 Å². The molecular formula is C31H20Cl2O5. The van der Waals surface area contributed by atoms with Crippen molar-refractivity contribution < 1.29 is 23.5 Å². The van der Waals surface area contributed by atoms with Crippen LogP contribution < -0.4 is 9.47 Å². The molecule has 0 N–H and O–H groups in total. The van der Waals surface area contributed by atoms with Gasteiger partial charge in [0.15, 0.2) is 5.78 Å². The smallest absolute Gasteiger partial charge is 0.348 e. The van der Waals surface area contributed by atoms with Gasteiger partial charge < -0.3 is 13.9 Å². The molecule has 188 valence electrons. The minimum atomic E-state index is -0.591. The molecule has 0 unspecified atom stereocenters. The Hall–Kier alpha value is -4.32. The number of ketones is 1. The second-order valence-corrected chi connectivity index (χ2v) is 9.16. The number of rotatable bonds is 7. The first-order chi connectivity index (χ1) is 18.4. The molecule has 1 heterocycles. The van der Waals surface area contributed by atoms with Gasteiger partial charge in [-0.05, 0) is 72.3 Å². The lowest BCUT2D eigenvalue weighted by Gasteiger charge is -2.06. The van der Waals surface area contributed by atoms with E-state index in [0.29, 0.717) is 43.7 Å². The van der Waals surface area contributed by atoms with E-state index in [1.165, 1.54) is 6.08 Å². The maximum atomic E-state index is 13.4. The van der Waals surface area contributed by atoms with Gasteiger partial charge in [0.25, 0.3) is 0 Å². The fraction of sp³-hybridized carbons (Fsp3) is 0.0323. The number of fused-ring (bicyclic) bond motifs is 1. The van der Waals surface area contributed by atoms with E-state index in [1.54, 1.807) is 73.8 Å². The van der Waals surface area contributed by atoms with Crippen LogP contribution in [0.2, 0.25) is 10.0 Å². The molecule has 0 radical (unpaired) electrons. The number of carbonyl (C=O) groups excluding carboxylic acids is 2. The second-order valence-electron chi connectivity index (χ2n) is 8.31. The number of carbonyl (C=O) groups is 2. The summed E-state index contributed by atoms with van der Waals surface area (Å²) in [5, 5.41) is 1.54. The Bertz CT molecular complexity index is 1670. The highest BCUT2D eigenvalue weighted by Crippen LogP contribution is 2.36. The minimum Gasteiger partial charge on any atom is -0.497 e. The van der Waals surface area contributed by atoms with Crippen LogP contribution >= 0.6 is 23.2 Å². The van der Waals surface area contributed by atoms with Crippen molar-refractivity contribution in [1.82, 2.24) is 0 Å². The summed E-state index contributed by atoms with van der Waals surface area (Å²) in [6.45, 7) is 0. The molecule has 4 aromatic carbocycles. The summed E-state index contributed by atoms with van der Waals surface area (Å²) in [6.07, 6.45) is 3.05. The molecule has 0 atom stereocenters. The van der Waals surface area contributed by atoms with Crippen LogP contribution in [0.4, 0.5) is 0 Å². The molecule has 0 fully saturated rings. The molecule has 0 aliphatic rings. The van der Waals surface area contributed by atoms with Crippen LogP contribution in [0.1, 0.15) is 26.3 Å². The molecule has 0 saturated heterocycles. The molecule has 0 spiro atoms.